The van der Waals surface area contributed by atoms with Crippen LogP contribution in [0.25, 0.3) is 0 Å². The number of imide groups is 1. The average Bonchev–Trinajstić information content (AvgIpc) is 3.05. The number of guanidine groups is 1. The van der Waals surface area contributed by atoms with E-state index in [2.05, 4.69) is 25.4 Å². The van der Waals surface area contributed by atoms with Gasteiger partial charge in [-0.3, -0.25) is 19.6 Å². The lowest BCUT2D eigenvalue weighted by molar-refractivity contribution is -0.124. The number of benzene rings is 1. The minimum absolute atomic E-state index is 0. The van der Waals surface area contributed by atoms with Crippen molar-refractivity contribution in [1.82, 2.24) is 25.3 Å². The highest BCUT2D eigenvalue weighted by Gasteiger charge is 2.28. The number of urea groups is 1. The van der Waals surface area contributed by atoms with E-state index in [1.807, 2.05) is 24.3 Å². The van der Waals surface area contributed by atoms with Gasteiger partial charge in [-0.15, -0.1) is 24.0 Å². The minimum atomic E-state index is -0.332. The number of carbonyl (C=O) groups is 2. The minimum Gasteiger partial charge on any atom is -0.492 e. The zero-order valence-corrected chi connectivity index (χ0v) is 20.1. The highest BCUT2D eigenvalue weighted by molar-refractivity contribution is 14.0. The van der Waals surface area contributed by atoms with Crippen molar-refractivity contribution < 1.29 is 14.3 Å². The van der Waals surface area contributed by atoms with E-state index in [0.717, 1.165) is 44.4 Å². The standard InChI is InChI=1S/C19H27ClN6O3.HI/c1-21-18(22-6-7-26-17(27)14-23-19(26)28)25-10-8-24(9-11-25)12-13-29-16-4-2-15(20)3-5-16;/h2-5H,6-14H2,1H3,(H,21,22)(H,23,28);1H. The van der Waals surface area contributed by atoms with Crippen LogP contribution in [0.5, 0.6) is 5.75 Å². The number of hydrogen-bond acceptors (Lipinski definition) is 5. The fourth-order valence-corrected chi connectivity index (χ4v) is 3.43. The molecule has 2 heterocycles. The number of rotatable bonds is 7. The molecule has 0 bridgehead atoms. The van der Waals surface area contributed by atoms with Gasteiger partial charge in [0.1, 0.15) is 12.4 Å². The fraction of sp³-hybridized carbons (Fsp3) is 0.526. The molecule has 0 spiro atoms. The summed E-state index contributed by atoms with van der Waals surface area (Å²) in [6, 6.07) is 7.05. The summed E-state index contributed by atoms with van der Waals surface area (Å²) in [5, 5.41) is 6.46. The molecule has 3 rings (SSSR count). The average molecular weight is 551 g/mol. The van der Waals surface area contributed by atoms with Crippen LogP contribution in [-0.2, 0) is 4.79 Å². The fourth-order valence-electron chi connectivity index (χ4n) is 3.30. The van der Waals surface area contributed by atoms with Crippen LogP contribution in [0.4, 0.5) is 4.79 Å². The molecule has 2 aliphatic rings. The second kappa shape index (κ2) is 12.2. The summed E-state index contributed by atoms with van der Waals surface area (Å²) in [6.45, 7) is 5.89. The molecule has 11 heteroatoms. The van der Waals surface area contributed by atoms with Crippen molar-refractivity contribution in [2.75, 3.05) is 66.0 Å². The van der Waals surface area contributed by atoms with Crippen LogP contribution in [0.3, 0.4) is 0 Å². The van der Waals surface area contributed by atoms with E-state index in [1.54, 1.807) is 7.05 Å². The predicted molar refractivity (Wildman–Crippen MR) is 127 cm³/mol. The lowest BCUT2D eigenvalue weighted by atomic mass is 10.3. The molecule has 2 aliphatic heterocycles. The topological polar surface area (TPSA) is 89.5 Å². The molecule has 0 radical (unpaired) electrons. The summed E-state index contributed by atoms with van der Waals surface area (Å²) in [5.74, 6) is 1.41. The highest BCUT2D eigenvalue weighted by atomic mass is 127. The predicted octanol–water partition coefficient (Wildman–Crippen LogP) is 1.08. The number of hydrogen-bond donors (Lipinski definition) is 2. The van der Waals surface area contributed by atoms with E-state index in [1.165, 1.54) is 4.90 Å². The molecule has 0 saturated carbocycles. The van der Waals surface area contributed by atoms with Gasteiger partial charge >= 0.3 is 6.03 Å². The Morgan fingerprint density at radius 3 is 2.47 bits per heavy atom. The summed E-state index contributed by atoms with van der Waals surface area (Å²) < 4.78 is 5.76. The third kappa shape index (κ3) is 6.88. The van der Waals surface area contributed by atoms with Crippen LogP contribution < -0.4 is 15.4 Å². The van der Waals surface area contributed by atoms with Crippen molar-refractivity contribution in [1.29, 1.82) is 0 Å². The summed E-state index contributed by atoms with van der Waals surface area (Å²) in [7, 11) is 1.74. The van der Waals surface area contributed by atoms with Gasteiger partial charge in [0.15, 0.2) is 5.96 Å². The second-order valence-electron chi connectivity index (χ2n) is 6.81. The molecule has 0 atom stereocenters. The smallest absolute Gasteiger partial charge is 0.324 e. The quantitative estimate of drug-likeness (QED) is 0.229. The molecular formula is C19H28ClIN6O3. The first-order valence-electron chi connectivity index (χ1n) is 9.71. The maximum absolute atomic E-state index is 11.6. The third-order valence-electron chi connectivity index (χ3n) is 4.93. The van der Waals surface area contributed by atoms with E-state index in [9.17, 15) is 9.59 Å². The van der Waals surface area contributed by atoms with Gasteiger partial charge in [-0.1, -0.05) is 11.6 Å². The Labute approximate surface area is 198 Å². The summed E-state index contributed by atoms with van der Waals surface area (Å²) >= 11 is 5.88. The molecular weight excluding hydrogens is 523 g/mol. The summed E-state index contributed by atoms with van der Waals surface area (Å²) in [5.41, 5.74) is 0. The van der Waals surface area contributed by atoms with Gasteiger partial charge in [0.05, 0.1) is 6.54 Å². The molecule has 0 aliphatic carbocycles. The first-order valence-corrected chi connectivity index (χ1v) is 10.1. The number of carbonyl (C=O) groups excluding carboxylic acids is 2. The number of nitrogens with one attached hydrogen (secondary N) is 2. The van der Waals surface area contributed by atoms with Gasteiger partial charge in [-0.05, 0) is 24.3 Å². The second-order valence-corrected chi connectivity index (χ2v) is 7.25. The van der Waals surface area contributed by atoms with Crippen molar-refractivity contribution in [3.8, 4) is 5.75 Å². The van der Waals surface area contributed by atoms with E-state index >= 15 is 0 Å². The Hall–Kier alpha value is -1.79. The molecule has 30 heavy (non-hydrogen) atoms. The van der Waals surface area contributed by atoms with Crippen LogP contribution in [0, 0.1) is 0 Å². The van der Waals surface area contributed by atoms with Crippen molar-refractivity contribution in [2.24, 2.45) is 4.99 Å². The van der Waals surface area contributed by atoms with Crippen molar-refractivity contribution in [3.63, 3.8) is 0 Å². The number of ether oxygens (including phenoxy) is 1. The first-order chi connectivity index (χ1) is 14.1. The van der Waals surface area contributed by atoms with Crippen LogP contribution in [-0.4, -0.2) is 98.6 Å². The van der Waals surface area contributed by atoms with Crippen molar-refractivity contribution in [2.45, 2.75) is 0 Å². The zero-order chi connectivity index (χ0) is 20.6. The highest BCUT2D eigenvalue weighted by Crippen LogP contribution is 2.15. The van der Waals surface area contributed by atoms with E-state index in [4.69, 9.17) is 16.3 Å². The zero-order valence-electron chi connectivity index (χ0n) is 17.0. The number of aliphatic imine (C=N–C) groups is 1. The Morgan fingerprint density at radius 2 is 1.87 bits per heavy atom. The van der Waals surface area contributed by atoms with E-state index < -0.39 is 0 Å². The van der Waals surface area contributed by atoms with Crippen molar-refractivity contribution in [3.05, 3.63) is 29.3 Å². The van der Waals surface area contributed by atoms with Gasteiger partial charge in [0.2, 0.25) is 5.91 Å². The van der Waals surface area contributed by atoms with Gasteiger partial charge in [0.25, 0.3) is 0 Å². The van der Waals surface area contributed by atoms with Gasteiger partial charge < -0.3 is 20.3 Å². The lowest BCUT2D eigenvalue weighted by Crippen LogP contribution is -2.53. The molecule has 2 fully saturated rings. The van der Waals surface area contributed by atoms with E-state index in [-0.39, 0.29) is 42.5 Å². The van der Waals surface area contributed by atoms with E-state index in [0.29, 0.717) is 24.7 Å². The molecule has 0 aromatic heterocycles. The van der Waals surface area contributed by atoms with Gasteiger partial charge in [-0.2, -0.15) is 0 Å². The molecule has 0 unspecified atom stereocenters. The Balaban J connectivity index is 0.00000320. The first kappa shape index (κ1) is 24.5. The maximum atomic E-state index is 11.6. The summed E-state index contributed by atoms with van der Waals surface area (Å²) in [4.78, 5) is 33.3. The number of nitrogens with zero attached hydrogens (tertiary/aromatic N) is 4. The number of amides is 3. The summed E-state index contributed by atoms with van der Waals surface area (Å²) in [6.07, 6.45) is 0. The monoisotopic (exact) mass is 550 g/mol. The largest absolute Gasteiger partial charge is 0.492 e. The molecule has 166 valence electrons. The van der Waals surface area contributed by atoms with Crippen LogP contribution in [0.15, 0.2) is 29.3 Å². The Kier molecular flexibility index (Phi) is 9.92. The molecule has 9 nitrogen and oxygen atoms in total. The molecule has 1 aromatic carbocycles. The van der Waals surface area contributed by atoms with Crippen molar-refractivity contribution >= 4 is 53.5 Å². The molecule has 1 aromatic rings. The normalized spacial score (nSPS) is 17.6. The third-order valence-corrected chi connectivity index (χ3v) is 5.18. The molecule has 2 N–H and O–H groups in total. The Bertz CT molecular complexity index is 724. The van der Waals surface area contributed by atoms with Gasteiger partial charge in [0, 0.05) is 57.9 Å². The SMILES string of the molecule is CN=C(NCCN1C(=O)CNC1=O)N1CCN(CCOc2ccc(Cl)cc2)CC1.I. The van der Waals surface area contributed by atoms with Crippen LogP contribution in [0.2, 0.25) is 5.02 Å². The molecule has 2 saturated heterocycles. The number of piperazine rings is 1. The van der Waals surface area contributed by atoms with Crippen LogP contribution >= 0.6 is 35.6 Å². The Morgan fingerprint density at radius 1 is 1.17 bits per heavy atom. The number of halogens is 2. The van der Waals surface area contributed by atoms with Gasteiger partial charge in [-0.25, -0.2) is 4.79 Å². The molecule has 3 amide bonds. The maximum Gasteiger partial charge on any atom is 0.324 e. The van der Waals surface area contributed by atoms with Crippen LogP contribution in [0.1, 0.15) is 0 Å². The lowest BCUT2D eigenvalue weighted by Gasteiger charge is -2.36.